The van der Waals surface area contributed by atoms with Gasteiger partial charge in [0.25, 0.3) is 0 Å². The molecule has 1 atom stereocenters. The van der Waals surface area contributed by atoms with Crippen molar-refractivity contribution in [3.63, 3.8) is 0 Å². The lowest BCUT2D eigenvalue weighted by molar-refractivity contribution is 0.199. The van der Waals surface area contributed by atoms with Gasteiger partial charge in [0.2, 0.25) is 0 Å². The van der Waals surface area contributed by atoms with Gasteiger partial charge in [0, 0.05) is 25.7 Å². The molecule has 7 nitrogen and oxygen atoms in total. The van der Waals surface area contributed by atoms with E-state index >= 15 is 0 Å². The van der Waals surface area contributed by atoms with Crippen LogP contribution in [-0.4, -0.2) is 58.1 Å². The van der Waals surface area contributed by atoms with Crippen molar-refractivity contribution in [2.24, 2.45) is 10.9 Å². The standard InChI is InChI=1S/C12H20N6O/c1-3-17-4-5-18(8-9(17)2)11-7-14-10(6-15-11)12(13)16-19/h6-7,9,19H,3-5,8H2,1-2H3,(H2,13,16). The quantitative estimate of drug-likeness (QED) is 0.348. The maximum atomic E-state index is 8.58. The minimum absolute atomic E-state index is 0.0248. The van der Waals surface area contributed by atoms with Crippen LogP contribution in [0, 0.1) is 0 Å². The maximum Gasteiger partial charge on any atom is 0.190 e. The Kier molecular flexibility index (Phi) is 4.16. The molecule has 1 unspecified atom stereocenters. The number of piperazine rings is 1. The summed E-state index contributed by atoms with van der Waals surface area (Å²) in [7, 11) is 0. The highest BCUT2D eigenvalue weighted by Crippen LogP contribution is 2.15. The SMILES string of the molecule is CCN1CCN(c2cnc(C(N)=NO)cn2)CC1C. The van der Waals surface area contributed by atoms with Crippen LogP contribution in [0.2, 0.25) is 0 Å². The molecule has 104 valence electrons. The zero-order chi connectivity index (χ0) is 13.8. The van der Waals surface area contributed by atoms with E-state index in [1.165, 1.54) is 6.20 Å². The molecule has 19 heavy (non-hydrogen) atoms. The molecule has 1 aromatic heterocycles. The van der Waals surface area contributed by atoms with Gasteiger partial charge in [-0.05, 0) is 13.5 Å². The number of hydrogen-bond acceptors (Lipinski definition) is 6. The number of oxime groups is 1. The van der Waals surface area contributed by atoms with E-state index in [1.807, 2.05) is 0 Å². The molecule has 0 aromatic carbocycles. The summed E-state index contributed by atoms with van der Waals surface area (Å²) >= 11 is 0. The molecule has 0 amide bonds. The summed E-state index contributed by atoms with van der Waals surface area (Å²) < 4.78 is 0. The fraction of sp³-hybridized carbons (Fsp3) is 0.583. The van der Waals surface area contributed by atoms with Crippen molar-refractivity contribution in [2.75, 3.05) is 31.1 Å². The molecule has 1 aliphatic rings. The maximum absolute atomic E-state index is 8.58. The molecule has 3 N–H and O–H groups in total. The largest absolute Gasteiger partial charge is 0.409 e. The molecule has 0 bridgehead atoms. The molecule has 0 radical (unpaired) electrons. The Morgan fingerprint density at radius 1 is 1.47 bits per heavy atom. The predicted octanol–water partition coefficient (Wildman–Crippen LogP) is 0.102. The van der Waals surface area contributed by atoms with Crippen molar-refractivity contribution in [3.05, 3.63) is 18.1 Å². The van der Waals surface area contributed by atoms with E-state index in [4.69, 9.17) is 10.9 Å². The van der Waals surface area contributed by atoms with Crippen LogP contribution in [0.5, 0.6) is 0 Å². The molecule has 1 fully saturated rings. The second kappa shape index (κ2) is 5.83. The van der Waals surface area contributed by atoms with Crippen molar-refractivity contribution >= 4 is 11.7 Å². The molecule has 1 aliphatic heterocycles. The Hall–Kier alpha value is -1.89. The average Bonchev–Trinajstić information content (AvgIpc) is 2.46. The van der Waals surface area contributed by atoms with Gasteiger partial charge in [-0.2, -0.15) is 0 Å². The summed E-state index contributed by atoms with van der Waals surface area (Å²) in [5.74, 6) is 0.806. The molecule has 1 saturated heterocycles. The third-order valence-electron chi connectivity index (χ3n) is 3.50. The van der Waals surface area contributed by atoms with Crippen LogP contribution in [0.25, 0.3) is 0 Å². The number of amidine groups is 1. The normalized spacial score (nSPS) is 21.7. The number of anilines is 1. The Labute approximate surface area is 112 Å². The smallest absolute Gasteiger partial charge is 0.190 e. The van der Waals surface area contributed by atoms with E-state index in [9.17, 15) is 0 Å². The molecular weight excluding hydrogens is 244 g/mol. The van der Waals surface area contributed by atoms with Crippen molar-refractivity contribution < 1.29 is 5.21 Å². The minimum atomic E-state index is -0.0248. The molecular formula is C12H20N6O. The van der Waals surface area contributed by atoms with Gasteiger partial charge in [0.15, 0.2) is 5.84 Å². The zero-order valence-corrected chi connectivity index (χ0v) is 11.3. The molecule has 0 saturated carbocycles. The zero-order valence-electron chi connectivity index (χ0n) is 11.3. The molecule has 2 rings (SSSR count). The van der Waals surface area contributed by atoms with E-state index in [1.54, 1.807) is 6.20 Å². The van der Waals surface area contributed by atoms with Gasteiger partial charge in [-0.25, -0.2) is 9.97 Å². The van der Waals surface area contributed by atoms with Crippen LogP contribution >= 0.6 is 0 Å². The van der Waals surface area contributed by atoms with Gasteiger partial charge < -0.3 is 15.8 Å². The van der Waals surface area contributed by atoms with Crippen LogP contribution in [0.3, 0.4) is 0 Å². The number of aromatic nitrogens is 2. The van der Waals surface area contributed by atoms with Crippen molar-refractivity contribution in [2.45, 2.75) is 19.9 Å². The second-order valence-corrected chi connectivity index (χ2v) is 4.67. The summed E-state index contributed by atoms with van der Waals surface area (Å²) in [5.41, 5.74) is 5.84. The minimum Gasteiger partial charge on any atom is -0.409 e. The fourth-order valence-electron chi connectivity index (χ4n) is 2.34. The summed E-state index contributed by atoms with van der Waals surface area (Å²) in [6, 6.07) is 0.504. The van der Waals surface area contributed by atoms with Crippen LogP contribution in [-0.2, 0) is 0 Å². The van der Waals surface area contributed by atoms with Gasteiger partial charge in [0.1, 0.15) is 11.5 Å². The molecule has 0 aliphatic carbocycles. The fourth-order valence-corrected chi connectivity index (χ4v) is 2.34. The highest BCUT2D eigenvalue weighted by atomic mass is 16.4. The summed E-state index contributed by atoms with van der Waals surface area (Å²) in [4.78, 5) is 13.1. The van der Waals surface area contributed by atoms with Gasteiger partial charge >= 0.3 is 0 Å². The first kappa shape index (κ1) is 13.5. The first-order valence-electron chi connectivity index (χ1n) is 6.44. The number of nitrogens with zero attached hydrogens (tertiary/aromatic N) is 5. The highest BCUT2D eigenvalue weighted by molar-refractivity contribution is 5.94. The van der Waals surface area contributed by atoms with Crippen LogP contribution in [0.15, 0.2) is 17.5 Å². The lowest BCUT2D eigenvalue weighted by Crippen LogP contribution is -2.52. The monoisotopic (exact) mass is 264 g/mol. The van der Waals surface area contributed by atoms with Crippen LogP contribution in [0.4, 0.5) is 5.82 Å². The van der Waals surface area contributed by atoms with Crippen LogP contribution in [0.1, 0.15) is 19.5 Å². The first-order chi connectivity index (χ1) is 9.15. The van der Waals surface area contributed by atoms with E-state index in [0.717, 1.165) is 32.0 Å². The molecule has 7 heteroatoms. The molecule has 1 aromatic rings. The Morgan fingerprint density at radius 2 is 2.26 bits per heavy atom. The topological polar surface area (TPSA) is 90.9 Å². The Balaban J connectivity index is 2.07. The van der Waals surface area contributed by atoms with E-state index in [-0.39, 0.29) is 5.84 Å². The Morgan fingerprint density at radius 3 is 2.79 bits per heavy atom. The number of rotatable bonds is 3. The highest BCUT2D eigenvalue weighted by Gasteiger charge is 2.23. The van der Waals surface area contributed by atoms with Crippen LogP contribution < -0.4 is 10.6 Å². The van der Waals surface area contributed by atoms with Crippen molar-refractivity contribution in [1.29, 1.82) is 0 Å². The summed E-state index contributed by atoms with van der Waals surface area (Å²) in [6.07, 6.45) is 3.20. The number of nitrogens with two attached hydrogens (primary N) is 1. The van der Waals surface area contributed by atoms with Gasteiger partial charge in [0.05, 0.1) is 12.4 Å². The van der Waals surface area contributed by atoms with Crippen molar-refractivity contribution in [3.8, 4) is 0 Å². The summed E-state index contributed by atoms with van der Waals surface area (Å²) in [6.45, 7) is 8.37. The third-order valence-corrected chi connectivity index (χ3v) is 3.50. The average molecular weight is 264 g/mol. The predicted molar refractivity (Wildman–Crippen MR) is 73.5 cm³/mol. The lowest BCUT2D eigenvalue weighted by atomic mass is 10.2. The third kappa shape index (κ3) is 2.93. The van der Waals surface area contributed by atoms with Gasteiger partial charge in [-0.1, -0.05) is 12.1 Å². The van der Waals surface area contributed by atoms with Gasteiger partial charge in [-0.3, -0.25) is 4.90 Å². The van der Waals surface area contributed by atoms with E-state index in [0.29, 0.717) is 11.7 Å². The van der Waals surface area contributed by atoms with Gasteiger partial charge in [-0.15, -0.1) is 0 Å². The molecule has 0 spiro atoms. The summed E-state index contributed by atoms with van der Waals surface area (Å²) in [5, 5.41) is 11.5. The van der Waals surface area contributed by atoms with E-state index in [2.05, 4.69) is 38.8 Å². The Bertz CT molecular complexity index is 446. The second-order valence-electron chi connectivity index (χ2n) is 4.67. The number of hydrogen-bond donors (Lipinski definition) is 2. The lowest BCUT2D eigenvalue weighted by Gasteiger charge is -2.39. The molecule has 2 heterocycles. The first-order valence-corrected chi connectivity index (χ1v) is 6.44. The van der Waals surface area contributed by atoms with E-state index < -0.39 is 0 Å². The number of likely N-dealkylation sites (N-methyl/N-ethyl adjacent to an activating group) is 1. The van der Waals surface area contributed by atoms with Crippen molar-refractivity contribution in [1.82, 2.24) is 14.9 Å².